The summed E-state index contributed by atoms with van der Waals surface area (Å²) in [5, 5.41) is 0. The van der Waals surface area contributed by atoms with Crippen molar-refractivity contribution in [2.45, 2.75) is 45.6 Å². The van der Waals surface area contributed by atoms with E-state index in [1.165, 1.54) is 19.2 Å². The maximum absolute atomic E-state index is 14.2. The first kappa shape index (κ1) is 14.2. The third-order valence-corrected chi connectivity index (χ3v) is 4.13. The van der Waals surface area contributed by atoms with Crippen LogP contribution in [0.25, 0.3) is 0 Å². The molecule has 2 N–H and O–H groups in total. The molecule has 0 amide bonds. The molecular formula is C14H23FN4. The molecule has 1 fully saturated rings. The molecule has 5 heteroatoms. The first-order valence-corrected chi connectivity index (χ1v) is 7.12. The number of anilines is 1. The van der Waals surface area contributed by atoms with Gasteiger partial charge < -0.3 is 10.6 Å². The Balaban J connectivity index is 2.30. The van der Waals surface area contributed by atoms with Crippen molar-refractivity contribution in [3.63, 3.8) is 0 Å². The van der Waals surface area contributed by atoms with Crippen molar-refractivity contribution >= 4 is 5.82 Å². The monoisotopic (exact) mass is 266 g/mol. The van der Waals surface area contributed by atoms with E-state index in [0.29, 0.717) is 30.0 Å². The zero-order chi connectivity index (χ0) is 13.8. The molecule has 2 unspecified atom stereocenters. The highest BCUT2D eigenvalue weighted by molar-refractivity contribution is 5.42. The number of aromatic nitrogens is 2. The Labute approximate surface area is 114 Å². The number of hydrogen-bond donors (Lipinski definition) is 1. The summed E-state index contributed by atoms with van der Waals surface area (Å²) < 4.78 is 14.2. The lowest BCUT2D eigenvalue weighted by atomic mass is 9.83. The van der Waals surface area contributed by atoms with Gasteiger partial charge in [-0.05, 0) is 39.2 Å². The molecule has 0 aromatic carbocycles. The molecule has 2 rings (SSSR count). The van der Waals surface area contributed by atoms with E-state index in [4.69, 9.17) is 5.73 Å². The van der Waals surface area contributed by atoms with Crippen LogP contribution in [-0.4, -0.2) is 29.1 Å². The minimum Gasteiger partial charge on any atom is -0.351 e. The van der Waals surface area contributed by atoms with E-state index in [0.717, 1.165) is 19.4 Å². The Kier molecular flexibility index (Phi) is 4.69. The van der Waals surface area contributed by atoms with Gasteiger partial charge in [-0.1, -0.05) is 12.8 Å². The summed E-state index contributed by atoms with van der Waals surface area (Å²) in [6.07, 6.45) is 6.04. The Hall–Kier alpha value is -1.23. The van der Waals surface area contributed by atoms with Crippen molar-refractivity contribution in [1.29, 1.82) is 0 Å². The zero-order valence-electron chi connectivity index (χ0n) is 11.8. The zero-order valence-corrected chi connectivity index (χ0v) is 11.8. The van der Waals surface area contributed by atoms with Crippen LogP contribution in [0.15, 0.2) is 6.33 Å². The number of rotatable bonds is 4. The van der Waals surface area contributed by atoms with Gasteiger partial charge in [0.2, 0.25) is 0 Å². The van der Waals surface area contributed by atoms with Gasteiger partial charge in [0.05, 0.1) is 5.69 Å². The Morgan fingerprint density at radius 1 is 1.37 bits per heavy atom. The van der Waals surface area contributed by atoms with Crippen LogP contribution >= 0.6 is 0 Å². The van der Waals surface area contributed by atoms with Gasteiger partial charge >= 0.3 is 0 Å². The number of hydrogen-bond acceptors (Lipinski definition) is 4. The minimum atomic E-state index is -0.300. The van der Waals surface area contributed by atoms with E-state index in [9.17, 15) is 4.39 Å². The van der Waals surface area contributed by atoms with Crippen molar-refractivity contribution in [3.05, 3.63) is 17.8 Å². The van der Waals surface area contributed by atoms with Crippen LogP contribution < -0.4 is 10.6 Å². The summed E-state index contributed by atoms with van der Waals surface area (Å²) in [6.45, 7) is 5.12. The molecule has 0 saturated heterocycles. The van der Waals surface area contributed by atoms with E-state index in [-0.39, 0.29) is 5.82 Å². The lowest BCUT2D eigenvalue weighted by Crippen LogP contribution is -2.46. The van der Waals surface area contributed by atoms with Gasteiger partial charge in [0.25, 0.3) is 0 Å². The number of nitrogens with two attached hydrogens (primary N) is 1. The third kappa shape index (κ3) is 2.86. The molecule has 1 aliphatic carbocycles. The smallest absolute Gasteiger partial charge is 0.186 e. The first-order chi connectivity index (χ1) is 9.19. The van der Waals surface area contributed by atoms with Gasteiger partial charge in [0.15, 0.2) is 11.6 Å². The molecule has 0 bridgehead atoms. The molecule has 0 radical (unpaired) electrons. The van der Waals surface area contributed by atoms with Gasteiger partial charge in [-0.15, -0.1) is 0 Å². The van der Waals surface area contributed by atoms with E-state index in [1.54, 1.807) is 6.92 Å². The Morgan fingerprint density at radius 2 is 2.11 bits per heavy atom. The van der Waals surface area contributed by atoms with Gasteiger partial charge in [0.1, 0.15) is 6.33 Å². The van der Waals surface area contributed by atoms with Crippen LogP contribution in [0.4, 0.5) is 10.2 Å². The summed E-state index contributed by atoms with van der Waals surface area (Å²) in [6, 6.07) is 0.299. The molecule has 1 heterocycles. The topological polar surface area (TPSA) is 55.0 Å². The van der Waals surface area contributed by atoms with Crippen LogP contribution in [0.3, 0.4) is 0 Å². The van der Waals surface area contributed by atoms with Crippen LogP contribution in [0, 0.1) is 18.7 Å². The van der Waals surface area contributed by atoms with Gasteiger partial charge in [-0.2, -0.15) is 0 Å². The second kappa shape index (κ2) is 6.28. The standard InChI is InChI=1S/C14H23FN4/c1-3-19(12-7-5-4-6-11(12)8-16)14-13(15)10(2)17-9-18-14/h9,11-12H,3-8,16H2,1-2H3. The number of nitrogens with zero attached hydrogens (tertiary/aromatic N) is 3. The minimum absolute atomic E-state index is 0.299. The fourth-order valence-electron chi connectivity index (χ4n) is 3.06. The van der Waals surface area contributed by atoms with Crippen LogP contribution in [0.2, 0.25) is 0 Å². The van der Waals surface area contributed by atoms with E-state index in [2.05, 4.69) is 14.9 Å². The highest BCUT2D eigenvalue weighted by Crippen LogP contribution is 2.31. The fraction of sp³-hybridized carbons (Fsp3) is 0.714. The third-order valence-electron chi connectivity index (χ3n) is 4.13. The van der Waals surface area contributed by atoms with Crippen molar-refractivity contribution in [3.8, 4) is 0 Å². The molecule has 1 aromatic rings. The summed E-state index contributed by atoms with van der Waals surface area (Å²) >= 11 is 0. The Bertz CT molecular complexity index is 424. The molecule has 4 nitrogen and oxygen atoms in total. The van der Waals surface area contributed by atoms with Gasteiger partial charge in [0, 0.05) is 12.6 Å². The predicted octanol–water partition coefficient (Wildman–Crippen LogP) is 2.27. The summed E-state index contributed by atoms with van der Waals surface area (Å²) in [5.41, 5.74) is 6.29. The molecule has 1 aliphatic rings. The van der Waals surface area contributed by atoms with E-state index < -0.39 is 0 Å². The number of halogens is 1. The van der Waals surface area contributed by atoms with Crippen LogP contribution in [0.5, 0.6) is 0 Å². The van der Waals surface area contributed by atoms with Crippen LogP contribution in [-0.2, 0) is 0 Å². The second-order valence-corrected chi connectivity index (χ2v) is 5.23. The maximum Gasteiger partial charge on any atom is 0.186 e. The summed E-state index contributed by atoms with van der Waals surface area (Å²) in [5.74, 6) is 0.564. The van der Waals surface area contributed by atoms with Gasteiger partial charge in [-0.3, -0.25) is 0 Å². The maximum atomic E-state index is 14.2. The van der Waals surface area contributed by atoms with Crippen molar-refractivity contribution < 1.29 is 4.39 Å². The lowest BCUT2D eigenvalue weighted by molar-refractivity contribution is 0.298. The molecule has 2 atom stereocenters. The largest absolute Gasteiger partial charge is 0.351 e. The van der Waals surface area contributed by atoms with Crippen molar-refractivity contribution in [2.24, 2.45) is 11.7 Å². The average molecular weight is 266 g/mol. The van der Waals surface area contributed by atoms with Crippen molar-refractivity contribution in [2.75, 3.05) is 18.0 Å². The van der Waals surface area contributed by atoms with E-state index >= 15 is 0 Å². The van der Waals surface area contributed by atoms with Gasteiger partial charge in [-0.25, -0.2) is 14.4 Å². The SMILES string of the molecule is CCN(c1ncnc(C)c1F)C1CCCCC1CN. The molecular weight excluding hydrogens is 243 g/mol. The second-order valence-electron chi connectivity index (χ2n) is 5.23. The highest BCUT2D eigenvalue weighted by atomic mass is 19.1. The predicted molar refractivity (Wildman–Crippen MR) is 74.5 cm³/mol. The normalized spacial score (nSPS) is 23.4. The fourth-order valence-corrected chi connectivity index (χ4v) is 3.06. The molecule has 1 aromatic heterocycles. The molecule has 1 saturated carbocycles. The summed E-state index contributed by atoms with van der Waals surface area (Å²) in [7, 11) is 0. The van der Waals surface area contributed by atoms with Crippen LogP contribution in [0.1, 0.15) is 38.3 Å². The lowest BCUT2D eigenvalue weighted by Gasteiger charge is -2.40. The van der Waals surface area contributed by atoms with E-state index in [1.807, 2.05) is 6.92 Å². The molecule has 19 heavy (non-hydrogen) atoms. The van der Waals surface area contributed by atoms with Crippen molar-refractivity contribution in [1.82, 2.24) is 9.97 Å². The Morgan fingerprint density at radius 3 is 2.79 bits per heavy atom. The highest BCUT2D eigenvalue weighted by Gasteiger charge is 2.30. The average Bonchev–Trinajstić information content (AvgIpc) is 2.45. The molecule has 0 spiro atoms. The quantitative estimate of drug-likeness (QED) is 0.908. The number of aryl methyl sites for hydroxylation is 1. The molecule has 106 valence electrons. The molecule has 0 aliphatic heterocycles. The first-order valence-electron chi connectivity index (χ1n) is 7.12. The summed E-state index contributed by atoms with van der Waals surface area (Å²) in [4.78, 5) is 10.1.